The van der Waals surface area contributed by atoms with E-state index >= 15 is 0 Å². The molecule has 0 aliphatic heterocycles. The van der Waals surface area contributed by atoms with Crippen LogP contribution in [0.4, 0.5) is 119 Å². The first-order chi connectivity index (χ1) is 18.1. The van der Waals surface area contributed by atoms with Gasteiger partial charge < -0.3 is 0 Å². The van der Waals surface area contributed by atoms with E-state index in [-0.39, 0.29) is 0 Å². The van der Waals surface area contributed by atoms with Gasteiger partial charge in [-0.15, -0.1) is 0 Å². The van der Waals surface area contributed by atoms with E-state index in [0.717, 1.165) is 0 Å². The average Bonchev–Trinajstić information content (AvgIpc) is 2.76. The second-order valence-corrected chi connectivity index (χ2v) is 8.44. The van der Waals surface area contributed by atoms with E-state index in [1.165, 1.54) is 0 Å². The highest BCUT2D eigenvalue weighted by molar-refractivity contribution is 7.80. The SMILES string of the molecule is FC(F)(F)C(F)(F)C(F)(F)C(F)(F)C(F)(F)C(F)(F)C(F)(F)C(F)(F)C(F)(F)C(F)(F)C(F)(F)C(F)(F)C(F)(F)CCS. The fourth-order valence-corrected chi connectivity index (χ4v) is 2.76. The van der Waals surface area contributed by atoms with Crippen molar-refractivity contribution >= 4 is 12.6 Å². The highest BCUT2D eigenvalue weighted by Crippen LogP contribution is 2.68. The van der Waals surface area contributed by atoms with Crippen molar-refractivity contribution in [1.29, 1.82) is 0 Å². The Hall–Kier alpha value is -1.54. The summed E-state index contributed by atoms with van der Waals surface area (Å²) < 4.78 is 357. The summed E-state index contributed by atoms with van der Waals surface area (Å²) in [5.41, 5.74) is 0. The lowest BCUT2D eigenvalue weighted by Crippen LogP contribution is -2.78. The molecule has 0 saturated carbocycles. The lowest BCUT2D eigenvalue weighted by atomic mass is 9.84. The fraction of sp³-hybridized carbons (Fsp3) is 1.00. The molecular formula is C15H5F27S. The number of rotatable bonds is 13. The number of alkyl halides is 27. The van der Waals surface area contributed by atoms with Crippen LogP contribution in [0.1, 0.15) is 6.42 Å². The molecule has 0 atom stereocenters. The molecule has 0 nitrogen and oxygen atoms in total. The molecule has 0 aliphatic carbocycles. The van der Waals surface area contributed by atoms with Crippen LogP contribution in [0.25, 0.3) is 0 Å². The van der Waals surface area contributed by atoms with Gasteiger partial charge in [0.15, 0.2) is 0 Å². The molecule has 0 bridgehead atoms. The Morgan fingerprint density at radius 2 is 0.419 bits per heavy atom. The Balaban J connectivity index is 7.42. The Bertz CT molecular complexity index is 1000. The minimum Gasteiger partial charge on any atom is -0.200 e. The summed E-state index contributed by atoms with van der Waals surface area (Å²) in [4.78, 5) is 0. The maximum absolute atomic E-state index is 13.6. The summed E-state index contributed by atoms with van der Waals surface area (Å²) in [6.45, 7) is 0. The molecule has 28 heteroatoms. The zero-order valence-corrected chi connectivity index (χ0v) is 19.5. The van der Waals surface area contributed by atoms with Gasteiger partial charge in [0, 0.05) is 6.42 Å². The normalized spacial score (nSPS) is 17.0. The zero-order chi connectivity index (χ0) is 35.9. The second kappa shape index (κ2) is 10.2. The smallest absolute Gasteiger partial charge is 0.200 e. The highest BCUT2D eigenvalue weighted by Gasteiger charge is 3.00. The van der Waals surface area contributed by atoms with E-state index in [9.17, 15) is 119 Å². The lowest BCUT2D eigenvalue weighted by Gasteiger charge is -2.46. The van der Waals surface area contributed by atoms with Gasteiger partial charge in [0.2, 0.25) is 0 Å². The van der Waals surface area contributed by atoms with Crippen LogP contribution >= 0.6 is 12.6 Å². The van der Waals surface area contributed by atoms with E-state index < -0.39 is 89.4 Å². The Morgan fingerprint density at radius 3 is 0.581 bits per heavy atom. The molecule has 0 aromatic rings. The van der Waals surface area contributed by atoms with Crippen LogP contribution < -0.4 is 0 Å². The molecule has 0 saturated heterocycles. The molecular weight excluding hydrogens is 725 g/mol. The monoisotopic (exact) mass is 730 g/mol. The third kappa shape index (κ3) is 4.90. The first kappa shape index (κ1) is 41.5. The molecule has 0 rings (SSSR count). The summed E-state index contributed by atoms with van der Waals surface area (Å²) in [6.07, 6.45) is -11.1. The third-order valence-corrected chi connectivity index (χ3v) is 5.41. The van der Waals surface area contributed by atoms with Crippen molar-refractivity contribution in [3.63, 3.8) is 0 Å². The third-order valence-electron chi connectivity index (χ3n) is 5.18. The van der Waals surface area contributed by atoms with Crippen LogP contribution in [0, 0.1) is 0 Å². The van der Waals surface area contributed by atoms with Crippen molar-refractivity contribution in [2.45, 2.75) is 83.7 Å². The highest BCUT2D eigenvalue weighted by atomic mass is 32.1. The van der Waals surface area contributed by atoms with Crippen LogP contribution in [0.15, 0.2) is 0 Å². The molecule has 0 heterocycles. The van der Waals surface area contributed by atoms with Gasteiger partial charge in [0.1, 0.15) is 0 Å². The predicted octanol–water partition coefficient (Wildman–Crippen LogP) is 9.49. The molecule has 0 aliphatic rings. The lowest BCUT2D eigenvalue weighted by molar-refractivity contribution is -0.484. The molecule has 0 aromatic heterocycles. The summed E-state index contributed by atoms with van der Waals surface area (Å²) in [5.74, 6) is -110. The Morgan fingerprint density at radius 1 is 0.256 bits per heavy atom. The predicted molar refractivity (Wildman–Crippen MR) is 83.9 cm³/mol. The van der Waals surface area contributed by atoms with Gasteiger partial charge >= 0.3 is 77.2 Å². The van der Waals surface area contributed by atoms with E-state index in [4.69, 9.17) is 0 Å². The maximum atomic E-state index is 13.6. The van der Waals surface area contributed by atoms with Gasteiger partial charge in [-0.3, -0.25) is 0 Å². The van der Waals surface area contributed by atoms with Gasteiger partial charge in [-0.05, 0) is 5.75 Å². The number of hydrogen-bond acceptors (Lipinski definition) is 1. The standard InChI is InChI=1S/C15H5F27S/c16-3(17,1-2-43)4(18,19)5(20,21)6(22,23)7(24,25)8(26,27)9(28,29)10(30,31)11(32,33)12(34,35)13(36,37)14(38,39)15(40,41)42/h43H,1-2H2. The molecule has 0 amide bonds. The Labute approximate surface area is 221 Å². The molecule has 0 aromatic carbocycles. The first-order valence-corrected chi connectivity index (χ1v) is 9.90. The molecule has 0 N–H and O–H groups in total. The van der Waals surface area contributed by atoms with Crippen LogP contribution in [0.5, 0.6) is 0 Å². The largest absolute Gasteiger partial charge is 0.460 e. The van der Waals surface area contributed by atoms with Crippen molar-refractivity contribution in [2.24, 2.45) is 0 Å². The van der Waals surface area contributed by atoms with Crippen LogP contribution in [-0.2, 0) is 0 Å². The number of halogens is 27. The molecule has 260 valence electrons. The average molecular weight is 730 g/mol. The topological polar surface area (TPSA) is 0 Å². The van der Waals surface area contributed by atoms with Crippen molar-refractivity contribution in [1.82, 2.24) is 0 Å². The van der Waals surface area contributed by atoms with Crippen molar-refractivity contribution in [3.05, 3.63) is 0 Å². The minimum absolute atomic E-state index is 1.78. The van der Waals surface area contributed by atoms with Crippen LogP contribution in [-0.4, -0.2) is 83.0 Å². The number of hydrogen-bond donors (Lipinski definition) is 1. The molecule has 0 fully saturated rings. The first-order valence-electron chi connectivity index (χ1n) is 9.27. The molecule has 0 radical (unpaired) electrons. The fourth-order valence-electron chi connectivity index (χ4n) is 2.48. The Kier molecular flexibility index (Phi) is 9.87. The summed E-state index contributed by atoms with van der Waals surface area (Å²) in [6, 6.07) is 0. The zero-order valence-electron chi connectivity index (χ0n) is 18.6. The van der Waals surface area contributed by atoms with Gasteiger partial charge in [-0.2, -0.15) is 131 Å². The van der Waals surface area contributed by atoms with E-state index in [1.54, 1.807) is 0 Å². The van der Waals surface area contributed by atoms with Crippen molar-refractivity contribution in [3.8, 4) is 0 Å². The van der Waals surface area contributed by atoms with Gasteiger partial charge in [0.05, 0.1) is 0 Å². The van der Waals surface area contributed by atoms with Gasteiger partial charge in [-0.1, -0.05) is 0 Å². The minimum atomic E-state index is -9.75. The summed E-state index contributed by atoms with van der Waals surface area (Å²) in [7, 11) is 0. The molecule has 43 heavy (non-hydrogen) atoms. The van der Waals surface area contributed by atoms with E-state index in [0.29, 0.717) is 0 Å². The number of thiol groups is 1. The molecule has 0 unspecified atom stereocenters. The van der Waals surface area contributed by atoms with E-state index in [2.05, 4.69) is 12.6 Å². The quantitative estimate of drug-likeness (QED) is 0.142. The molecule has 0 spiro atoms. The van der Waals surface area contributed by atoms with Crippen molar-refractivity contribution < 1.29 is 119 Å². The summed E-state index contributed by atoms with van der Waals surface area (Å²) in [5, 5.41) is 0. The van der Waals surface area contributed by atoms with Crippen molar-refractivity contribution in [2.75, 3.05) is 5.75 Å². The summed E-state index contributed by atoms with van der Waals surface area (Å²) >= 11 is 2.70. The second-order valence-electron chi connectivity index (χ2n) is 7.99. The van der Waals surface area contributed by atoms with Crippen LogP contribution in [0.2, 0.25) is 0 Å². The van der Waals surface area contributed by atoms with Gasteiger partial charge in [-0.25, -0.2) is 0 Å². The van der Waals surface area contributed by atoms with Crippen LogP contribution in [0.3, 0.4) is 0 Å². The van der Waals surface area contributed by atoms with E-state index in [1.807, 2.05) is 0 Å². The maximum Gasteiger partial charge on any atom is 0.460 e. The van der Waals surface area contributed by atoms with Gasteiger partial charge in [0.25, 0.3) is 0 Å².